The molecule has 0 aliphatic carbocycles. The topological polar surface area (TPSA) is 55.4 Å². The van der Waals surface area contributed by atoms with Crippen molar-refractivity contribution < 1.29 is 14.3 Å². The van der Waals surface area contributed by atoms with Gasteiger partial charge in [-0.05, 0) is 29.8 Å². The summed E-state index contributed by atoms with van der Waals surface area (Å²) in [5.74, 6) is -0.798. The molecule has 0 unspecified atom stereocenters. The van der Waals surface area contributed by atoms with Crippen LogP contribution in [0.2, 0.25) is 5.02 Å². The Morgan fingerprint density at radius 2 is 1.67 bits per heavy atom. The molecule has 0 aliphatic rings. The fourth-order valence-corrected chi connectivity index (χ4v) is 1.77. The molecule has 0 saturated heterocycles. The lowest BCUT2D eigenvalue weighted by atomic mass is 10.2. The highest BCUT2D eigenvalue weighted by molar-refractivity contribution is 6.30. The molecule has 0 saturated carbocycles. The van der Waals surface area contributed by atoms with Crippen LogP contribution in [0.25, 0.3) is 0 Å². The SMILES string of the molecule is O=C(CNC(=O)c1ccccc1)OCc1ccc(Cl)cc1. The molecule has 0 heterocycles. The number of esters is 1. The van der Waals surface area contributed by atoms with Crippen molar-refractivity contribution in [2.24, 2.45) is 0 Å². The molecule has 0 radical (unpaired) electrons. The molecule has 1 N–H and O–H groups in total. The molecule has 0 atom stereocenters. The van der Waals surface area contributed by atoms with Crippen LogP contribution in [0.15, 0.2) is 54.6 Å². The van der Waals surface area contributed by atoms with Crippen molar-refractivity contribution in [1.29, 1.82) is 0 Å². The molecule has 2 aromatic rings. The first-order valence-corrected chi connectivity index (χ1v) is 6.76. The molecular weight excluding hydrogens is 290 g/mol. The van der Waals surface area contributed by atoms with Gasteiger partial charge in [-0.2, -0.15) is 0 Å². The predicted molar refractivity (Wildman–Crippen MR) is 80.0 cm³/mol. The van der Waals surface area contributed by atoms with E-state index in [1.54, 1.807) is 48.5 Å². The molecule has 0 fully saturated rings. The van der Waals surface area contributed by atoms with Crippen molar-refractivity contribution in [1.82, 2.24) is 5.32 Å². The van der Waals surface area contributed by atoms with Gasteiger partial charge in [-0.3, -0.25) is 9.59 Å². The second kappa shape index (κ2) is 7.45. The summed E-state index contributed by atoms with van der Waals surface area (Å²) in [7, 11) is 0. The first kappa shape index (κ1) is 15.1. The summed E-state index contributed by atoms with van der Waals surface area (Å²) in [6.45, 7) is -0.0154. The second-order valence-electron chi connectivity index (χ2n) is 4.34. The average Bonchev–Trinajstić information content (AvgIpc) is 2.53. The summed E-state index contributed by atoms with van der Waals surface area (Å²) >= 11 is 5.76. The highest BCUT2D eigenvalue weighted by atomic mass is 35.5. The summed E-state index contributed by atoms with van der Waals surface area (Å²) in [5.41, 5.74) is 1.34. The van der Waals surface area contributed by atoms with Crippen molar-refractivity contribution in [2.45, 2.75) is 6.61 Å². The predicted octanol–water partition coefficient (Wildman–Crippen LogP) is 2.81. The molecule has 5 heteroatoms. The molecule has 1 amide bonds. The van der Waals surface area contributed by atoms with E-state index in [1.165, 1.54) is 0 Å². The zero-order chi connectivity index (χ0) is 15.1. The van der Waals surface area contributed by atoms with Gasteiger partial charge in [0.1, 0.15) is 13.2 Å². The molecule has 4 nitrogen and oxygen atoms in total. The summed E-state index contributed by atoms with van der Waals surface area (Å²) < 4.78 is 5.06. The minimum atomic E-state index is -0.491. The molecule has 2 aromatic carbocycles. The highest BCUT2D eigenvalue weighted by Gasteiger charge is 2.08. The second-order valence-corrected chi connectivity index (χ2v) is 4.77. The van der Waals surface area contributed by atoms with E-state index in [0.717, 1.165) is 5.56 Å². The number of hydrogen-bond acceptors (Lipinski definition) is 3. The Balaban J connectivity index is 1.75. The molecule has 0 spiro atoms. The Bertz CT molecular complexity index is 611. The van der Waals surface area contributed by atoms with Crippen molar-refractivity contribution in [3.05, 3.63) is 70.7 Å². The lowest BCUT2D eigenvalue weighted by molar-refractivity contribution is -0.143. The van der Waals surface area contributed by atoms with Gasteiger partial charge in [0.05, 0.1) is 0 Å². The van der Waals surface area contributed by atoms with Crippen LogP contribution in [0.3, 0.4) is 0 Å². The van der Waals surface area contributed by atoms with Crippen LogP contribution >= 0.6 is 11.6 Å². The van der Waals surface area contributed by atoms with Crippen molar-refractivity contribution in [3.63, 3.8) is 0 Å². The van der Waals surface area contributed by atoms with E-state index in [-0.39, 0.29) is 19.1 Å². The van der Waals surface area contributed by atoms with Gasteiger partial charge in [0.2, 0.25) is 0 Å². The molecule has 108 valence electrons. The Hall–Kier alpha value is -2.33. The number of rotatable bonds is 5. The monoisotopic (exact) mass is 303 g/mol. The van der Waals surface area contributed by atoms with E-state index in [9.17, 15) is 9.59 Å². The van der Waals surface area contributed by atoms with Gasteiger partial charge in [-0.15, -0.1) is 0 Å². The van der Waals surface area contributed by atoms with Gasteiger partial charge in [-0.25, -0.2) is 0 Å². The van der Waals surface area contributed by atoms with E-state index >= 15 is 0 Å². The number of carbonyl (C=O) groups excluding carboxylic acids is 2. The van der Waals surface area contributed by atoms with E-state index < -0.39 is 5.97 Å². The van der Waals surface area contributed by atoms with Crippen LogP contribution in [0, 0.1) is 0 Å². The standard InChI is InChI=1S/C16H14ClNO3/c17-14-8-6-12(7-9-14)11-21-15(19)10-18-16(20)13-4-2-1-3-5-13/h1-9H,10-11H2,(H,18,20). The Labute approximate surface area is 127 Å². The molecule has 2 rings (SSSR count). The van der Waals surface area contributed by atoms with E-state index in [2.05, 4.69) is 5.32 Å². The zero-order valence-electron chi connectivity index (χ0n) is 11.2. The van der Waals surface area contributed by atoms with E-state index in [0.29, 0.717) is 10.6 Å². The van der Waals surface area contributed by atoms with Gasteiger partial charge in [0.25, 0.3) is 5.91 Å². The number of amides is 1. The molecule has 21 heavy (non-hydrogen) atoms. The van der Waals surface area contributed by atoms with Gasteiger partial charge in [-0.1, -0.05) is 41.9 Å². The molecule has 0 aromatic heterocycles. The van der Waals surface area contributed by atoms with Crippen LogP contribution in [0.5, 0.6) is 0 Å². The van der Waals surface area contributed by atoms with Gasteiger partial charge in [0, 0.05) is 10.6 Å². The molecule has 0 bridgehead atoms. The summed E-state index contributed by atoms with van der Waals surface area (Å²) in [5, 5.41) is 3.13. The van der Waals surface area contributed by atoms with E-state index in [1.807, 2.05) is 6.07 Å². The van der Waals surface area contributed by atoms with E-state index in [4.69, 9.17) is 16.3 Å². The van der Waals surface area contributed by atoms with Crippen LogP contribution in [0.1, 0.15) is 15.9 Å². The fourth-order valence-electron chi connectivity index (χ4n) is 1.64. The highest BCUT2D eigenvalue weighted by Crippen LogP contribution is 2.10. The minimum absolute atomic E-state index is 0.150. The number of halogens is 1. The fraction of sp³-hybridized carbons (Fsp3) is 0.125. The first-order chi connectivity index (χ1) is 10.1. The van der Waals surface area contributed by atoms with Crippen LogP contribution in [-0.4, -0.2) is 18.4 Å². The Morgan fingerprint density at radius 1 is 1.00 bits per heavy atom. The average molecular weight is 304 g/mol. The first-order valence-electron chi connectivity index (χ1n) is 6.38. The third kappa shape index (κ3) is 4.93. The quantitative estimate of drug-likeness (QED) is 0.864. The summed E-state index contributed by atoms with van der Waals surface area (Å²) in [6, 6.07) is 15.7. The number of carbonyl (C=O) groups is 2. The Kier molecular flexibility index (Phi) is 5.35. The molecular formula is C16H14ClNO3. The van der Waals surface area contributed by atoms with Crippen molar-refractivity contribution >= 4 is 23.5 Å². The third-order valence-electron chi connectivity index (χ3n) is 2.74. The lowest BCUT2D eigenvalue weighted by Gasteiger charge is -2.07. The molecule has 0 aliphatic heterocycles. The maximum Gasteiger partial charge on any atom is 0.325 e. The third-order valence-corrected chi connectivity index (χ3v) is 2.99. The minimum Gasteiger partial charge on any atom is -0.460 e. The van der Waals surface area contributed by atoms with Crippen LogP contribution < -0.4 is 5.32 Å². The summed E-state index contributed by atoms with van der Waals surface area (Å²) in [6.07, 6.45) is 0. The van der Waals surface area contributed by atoms with Gasteiger partial charge in [0.15, 0.2) is 0 Å². The van der Waals surface area contributed by atoms with Crippen LogP contribution in [0.4, 0.5) is 0 Å². The smallest absolute Gasteiger partial charge is 0.325 e. The summed E-state index contributed by atoms with van der Waals surface area (Å²) in [4.78, 5) is 23.3. The van der Waals surface area contributed by atoms with Gasteiger partial charge < -0.3 is 10.1 Å². The number of benzene rings is 2. The maximum absolute atomic E-state index is 11.7. The number of nitrogens with one attached hydrogen (secondary N) is 1. The van der Waals surface area contributed by atoms with Crippen molar-refractivity contribution in [2.75, 3.05) is 6.54 Å². The van der Waals surface area contributed by atoms with Gasteiger partial charge >= 0.3 is 5.97 Å². The van der Waals surface area contributed by atoms with Crippen LogP contribution in [-0.2, 0) is 16.1 Å². The zero-order valence-corrected chi connectivity index (χ0v) is 12.0. The maximum atomic E-state index is 11.7. The largest absolute Gasteiger partial charge is 0.460 e. The lowest BCUT2D eigenvalue weighted by Crippen LogP contribution is -2.30. The number of hydrogen-bond donors (Lipinski definition) is 1. The Morgan fingerprint density at radius 3 is 2.33 bits per heavy atom. The van der Waals surface area contributed by atoms with Crippen molar-refractivity contribution in [3.8, 4) is 0 Å². The number of ether oxygens (including phenoxy) is 1. The normalized spacial score (nSPS) is 9.95.